The molecule has 0 aromatic rings. The zero-order chi connectivity index (χ0) is 12.4. The van der Waals surface area contributed by atoms with Crippen LogP contribution in [0, 0.1) is 5.41 Å². The van der Waals surface area contributed by atoms with Gasteiger partial charge >= 0.3 is 0 Å². The third kappa shape index (κ3) is 2.76. The van der Waals surface area contributed by atoms with Crippen molar-refractivity contribution in [2.75, 3.05) is 26.8 Å². The average molecular weight is 229 g/mol. The van der Waals surface area contributed by atoms with Crippen molar-refractivity contribution in [1.29, 1.82) is 0 Å². The smallest absolute Gasteiger partial charge is 0.0900 e. The number of hydrogen-bond acceptors (Lipinski definition) is 3. The van der Waals surface area contributed by atoms with E-state index >= 15 is 0 Å². The van der Waals surface area contributed by atoms with Crippen LogP contribution < -0.4 is 0 Å². The zero-order valence-electron chi connectivity index (χ0n) is 11.4. The highest BCUT2D eigenvalue weighted by Gasteiger charge is 2.44. The van der Waals surface area contributed by atoms with E-state index in [1.807, 2.05) is 0 Å². The largest absolute Gasteiger partial charge is 0.389 e. The highest BCUT2D eigenvalue weighted by atomic mass is 16.5. The van der Waals surface area contributed by atoms with Crippen LogP contribution in [0.2, 0.25) is 0 Å². The molecule has 1 fully saturated rings. The van der Waals surface area contributed by atoms with Crippen LogP contribution in [-0.4, -0.2) is 48.5 Å². The van der Waals surface area contributed by atoms with E-state index in [2.05, 4.69) is 32.6 Å². The van der Waals surface area contributed by atoms with E-state index in [4.69, 9.17) is 4.74 Å². The average Bonchev–Trinajstić information content (AvgIpc) is 2.14. The standard InChI is InChI=1S/C13H27NO2/c1-12(2)7-6-8-14(13(12,3)4)9-11(15)10-16-5/h11,15H,6-10H2,1-5H3. The number of aliphatic hydroxyl groups excluding tert-OH is 1. The van der Waals surface area contributed by atoms with E-state index in [-0.39, 0.29) is 11.6 Å². The van der Waals surface area contributed by atoms with Crippen LogP contribution in [0.5, 0.6) is 0 Å². The van der Waals surface area contributed by atoms with Gasteiger partial charge < -0.3 is 9.84 Å². The van der Waals surface area contributed by atoms with Gasteiger partial charge in [-0.25, -0.2) is 0 Å². The maximum absolute atomic E-state index is 9.84. The number of methoxy groups -OCH3 is 1. The number of β-amino-alcohol motifs (C(OH)–C–C–N with tert-alkyl or cyclic N) is 1. The highest BCUT2D eigenvalue weighted by molar-refractivity contribution is 4.98. The molecule has 96 valence electrons. The van der Waals surface area contributed by atoms with Crippen molar-refractivity contribution in [3.8, 4) is 0 Å². The lowest BCUT2D eigenvalue weighted by atomic mass is 9.68. The molecule has 3 heteroatoms. The first-order valence-electron chi connectivity index (χ1n) is 6.23. The molecule has 0 aromatic carbocycles. The maximum Gasteiger partial charge on any atom is 0.0900 e. The first-order chi connectivity index (χ1) is 7.31. The number of likely N-dealkylation sites (tertiary alicyclic amines) is 1. The molecule has 0 radical (unpaired) electrons. The van der Waals surface area contributed by atoms with E-state index in [0.29, 0.717) is 18.6 Å². The van der Waals surface area contributed by atoms with Gasteiger partial charge in [-0.05, 0) is 38.6 Å². The normalized spacial score (nSPS) is 26.6. The second kappa shape index (κ2) is 5.03. The predicted octanol–water partition coefficient (Wildman–Crippen LogP) is 1.89. The molecule has 1 rings (SSSR count). The summed E-state index contributed by atoms with van der Waals surface area (Å²) < 4.78 is 4.99. The summed E-state index contributed by atoms with van der Waals surface area (Å²) in [7, 11) is 1.63. The van der Waals surface area contributed by atoms with Crippen molar-refractivity contribution in [3.05, 3.63) is 0 Å². The zero-order valence-corrected chi connectivity index (χ0v) is 11.4. The van der Waals surface area contributed by atoms with Crippen molar-refractivity contribution >= 4 is 0 Å². The van der Waals surface area contributed by atoms with Gasteiger partial charge in [0.25, 0.3) is 0 Å². The van der Waals surface area contributed by atoms with Gasteiger partial charge in [0.05, 0.1) is 12.7 Å². The number of ether oxygens (including phenoxy) is 1. The molecule has 1 saturated heterocycles. The fourth-order valence-electron chi connectivity index (χ4n) is 2.54. The van der Waals surface area contributed by atoms with E-state index in [0.717, 1.165) is 6.54 Å². The van der Waals surface area contributed by atoms with E-state index in [1.54, 1.807) is 7.11 Å². The van der Waals surface area contributed by atoms with Crippen LogP contribution in [0.1, 0.15) is 40.5 Å². The van der Waals surface area contributed by atoms with Gasteiger partial charge in [-0.3, -0.25) is 4.90 Å². The Balaban J connectivity index is 2.65. The molecule has 0 spiro atoms. The molecule has 0 bridgehead atoms. The predicted molar refractivity (Wildman–Crippen MR) is 66.5 cm³/mol. The van der Waals surface area contributed by atoms with Crippen molar-refractivity contribution in [2.45, 2.75) is 52.2 Å². The SMILES string of the molecule is COCC(O)CN1CCCC(C)(C)C1(C)C. The Hall–Kier alpha value is -0.120. The second-order valence-corrected chi connectivity index (χ2v) is 6.10. The van der Waals surface area contributed by atoms with E-state index in [1.165, 1.54) is 12.8 Å². The van der Waals surface area contributed by atoms with Gasteiger partial charge in [-0.1, -0.05) is 13.8 Å². The molecule has 1 heterocycles. The quantitative estimate of drug-likeness (QED) is 0.799. The first kappa shape index (κ1) is 13.9. The van der Waals surface area contributed by atoms with Gasteiger partial charge in [0.2, 0.25) is 0 Å². The molecular weight excluding hydrogens is 202 g/mol. The Morgan fingerprint density at radius 2 is 1.94 bits per heavy atom. The minimum atomic E-state index is -0.377. The summed E-state index contributed by atoms with van der Waals surface area (Å²) in [4.78, 5) is 2.40. The molecule has 0 aliphatic carbocycles. The highest BCUT2D eigenvalue weighted by Crippen LogP contribution is 2.43. The molecule has 0 aromatic heterocycles. The second-order valence-electron chi connectivity index (χ2n) is 6.10. The lowest BCUT2D eigenvalue weighted by molar-refractivity contribution is -0.0619. The number of rotatable bonds is 4. The van der Waals surface area contributed by atoms with Gasteiger partial charge in [-0.2, -0.15) is 0 Å². The summed E-state index contributed by atoms with van der Waals surface area (Å²) in [5, 5.41) is 9.84. The Morgan fingerprint density at radius 3 is 2.50 bits per heavy atom. The summed E-state index contributed by atoms with van der Waals surface area (Å²) in [5.41, 5.74) is 0.442. The number of aliphatic hydroxyl groups is 1. The Morgan fingerprint density at radius 1 is 1.31 bits per heavy atom. The van der Waals surface area contributed by atoms with Crippen LogP contribution in [0.25, 0.3) is 0 Å². The van der Waals surface area contributed by atoms with E-state index < -0.39 is 0 Å². The molecule has 1 atom stereocenters. The third-order valence-corrected chi connectivity index (χ3v) is 4.47. The summed E-state index contributed by atoms with van der Waals surface area (Å²) in [6.07, 6.45) is 2.10. The lowest BCUT2D eigenvalue weighted by Crippen LogP contribution is -2.59. The summed E-state index contributed by atoms with van der Waals surface area (Å²) in [6.45, 7) is 11.4. The van der Waals surface area contributed by atoms with Crippen molar-refractivity contribution in [1.82, 2.24) is 4.90 Å². The van der Waals surface area contributed by atoms with Crippen LogP contribution in [0.15, 0.2) is 0 Å². The molecule has 0 saturated carbocycles. The molecule has 3 nitrogen and oxygen atoms in total. The maximum atomic E-state index is 9.84. The summed E-state index contributed by atoms with van der Waals surface area (Å²) in [6, 6.07) is 0. The molecular formula is C13H27NO2. The molecule has 0 amide bonds. The van der Waals surface area contributed by atoms with Crippen molar-refractivity contribution in [3.63, 3.8) is 0 Å². The number of hydrogen-bond donors (Lipinski definition) is 1. The van der Waals surface area contributed by atoms with Crippen molar-refractivity contribution < 1.29 is 9.84 Å². The molecule has 1 N–H and O–H groups in total. The van der Waals surface area contributed by atoms with Crippen LogP contribution in [-0.2, 0) is 4.74 Å². The molecule has 16 heavy (non-hydrogen) atoms. The number of nitrogens with zero attached hydrogens (tertiary/aromatic N) is 1. The fourth-order valence-corrected chi connectivity index (χ4v) is 2.54. The Bertz CT molecular complexity index is 226. The van der Waals surface area contributed by atoms with Gasteiger partial charge in [-0.15, -0.1) is 0 Å². The molecule has 1 aliphatic rings. The summed E-state index contributed by atoms with van der Waals surface area (Å²) >= 11 is 0. The van der Waals surface area contributed by atoms with Gasteiger partial charge in [0.15, 0.2) is 0 Å². The first-order valence-corrected chi connectivity index (χ1v) is 6.23. The van der Waals surface area contributed by atoms with Crippen LogP contribution in [0.3, 0.4) is 0 Å². The fraction of sp³-hybridized carbons (Fsp3) is 1.00. The van der Waals surface area contributed by atoms with E-state index in [9.17, 15) is 5.11 Å². The minimum absolute atomic E-state index is 0.139. The van der Waals surface area contributed by atoms with Crippen LogP contribution in [0.4, 0.5) is 0 Å². The van der Waals surface area contributed by atoms with Gasteiger partial charge in [0, 0.05) is 19.2 Å². The lowest BCUT2D eigenvalue weighted by Gasteiger charge is -2.54. The Labute approximate surface area is 99.8 Å². The van der Waals surface area contributed by atoms with Gasteiger partial charge in [0.1, 0.15) is 0 Å². The third-order valence-electron chi connectivity index (χ3n) is 4.47. The summed E-state index contributed by atoms with van der Waals surface area (Å²) in [5.74, 6) is 0. The minimum Gasteiger partial charge on any atom is -0.389 e. The van der Waals surface area contributed by atoms with Crippen molar-refractivity contribution in [2.24, 2.45) is 5.41 Å². The Kier molecular flexibility index (Phi) is 4.38. The van der Waals surface area contributed by atoms with Crippen LogP contribution >= 0.6 is 0 Å². The molecule has 1 unspecified atom stereocenters. The monoisotopic (exact) mass is 229 g/mol. The topological polar surface area (TPSA) is 32.7 Å². The number of piperidine rings is 1. The molecule has 1 aliphatic heterocycles.